The molecular formula is C18H12BrCl2N3. The van der Waals surface area contributed by atoms with Gasteiger partial charge in [-0.3, -0.25) is 4.98 Å². The number of hydrogen-bond acceptors (Lipinski definition) is 3. The SMILES string of the molecule is Clc1cncc(Cl)c1N=NCc1ccccc1-c1ccccc1Br. The van der Waals surface area contributed by atoms with Gasteiger partial charge in [0.15, 0.2) is 0 Å². The summed E-state index contributed by atoms with van der Waals surface area (Å²) in [5, 5.41) is 9.19. The summed E-state index contributed by atoms with van der Waals surface area (Å²) in [5.74, 6) is 0. The van der Waals surface area contributed by atoms with E-state index in [0.717, 1.165) is 21.2 Å². The Morgan fingerprint density at radius 3 is 2.21 bits per heavy atom. The van der Waals surface area contributed by atoms with Crippen molar-refractivity contribution in [1.82, 2.24) is 4.98 Å². The minimum absolute atomic E-state index is 0.380. The summed E-state index contributed by atoms with van der Waals surface area (Å²) in [5.41, 5.74) is 3.72. The summed E-state index contributed by atoms with van der Waals surface area (Å²) in [4.78, 5) is 3.90. The van der Waals surface area contributed by atoms with E-state index < -0.39 is 0 Å². The smallest absolute Gasteiger partial charge is 0.126 e. The molecule has 0 fully saturated rings. The molecule has 3 nitrogen and oxygen atoms in total. The Kier molecular flexibility index (Phi) is 5.61. The highest BCUT2D eigenvalue weighted by Gasteiger charge is 2.08. The van der Waals surface area contributed by atoms with E-state index >= 15 is 0 Å². The number of benzene rings is 2. The highest BCUT2D eigenvalue weighted by atomic mass is 79.9. The van der Waals surface area contributed by atoms with Crippen LogP contribution in [0, 0.1) is 0 Å². The molecule has 0 saturated heterocycles. The normalized spacial score (nSPS) is 11.1. The van der Waals surface area contributed by atoms with E-state index in [1.54, 1.807) is 0 Å². The molecule has 1 aromatic heterocycles. The highest BCUT2D eigenvalue weighted by Crippen LogP contribution is 2.33. The molecule has 0 N–H and O–H groups in total. The highest BCUT2D eigenvalue weighted by molar-refractivity contribution is 9.10. The van der Waals surface area contributed by atoms with Crippen LogP contribution in [-0.4, -0.2) is 4.98 Å². The molecule has 120 valence electrons. The van der Waals surface area contributed by atoms with Crippen molar-refractivity contribution in [1.29, 1.82) is 0 Å². The largest absolute Gasteiger partial charge is 0.261 e. The molecule has 0 saturated carbocycles. The molecule has 3 aromatic rings. The lowest BCUT2D eigenvalue weighted by molar-refractivity contribution is 0.960. The molecule has 24 heavy (non-hydrogen) atoms. The first-order valence-electron chi connectivity index (χ1n) is 7.16. The molecule has 0 radical (unpaired) electrons. The van der Waals surface area contributed by atoms with Gasteiger partial charge >= 0.3 is 0 Å². The zero-order chi connectivity index (χ0) is 16.9. The Morgan fingerprint density at radius 2 is 1.50 bits per heavy atom. The quantitative estimate of drug-likeness (QED) is 0.414. The maximum Gasteiger partial charge on any atom is 0.126 e. The van der Waals surface area contributed by atoms with Crippen molar-refractivity contribution in [2.75, 3.05) is 0 Å². The van der Waals surface area contributed by atoms with Crippen LogP contribution in [0.5, 0.6) is 0 Å². The molecule has 0 atom stereocenters. The molecule has 0 aliphatic carbocycles. The minimum Gasteiger partial charge on any atom is -0.261 e. The van der Waals surface area contributed by atoms with Crippen LogP contribution in [0.1, 0.15) is 5.56 Å². The van der Waals surface area contributed by atoms with E-state index in [-0.39, 0.29) is 0 Å². The summed E-state index contributed by atoms with van der Waals surface area (Å²) in [6, 6.07) is 16.2. The Balaban J connectivity index is 1.90. The van der Waals surface area contributed by atoms with Crippen LogP contribution in [0.4, 0.5) is 5.69 Å². The summed E-state index contributed by atoms with van der Waals surface area (Å²) < 4.78 is 1.04. The first-order valence-corrected chi connectivity index (χ1v) is 8.71. The fourth-order valence-corrected chi connectivity index (χ4v) is 3.22. The molecular weight excluding hydrogens is 409 g/mol. The second-order valence-corrected chi connectivity index (χ2v) is 6.66. The van der Waals surface area contributed by atoms with Crippen molar-refractivity contribution in [3.05, 3.63) is 81.0 Å². The lowest BCUT2D eigenvalue weighted by Gasteiger charge is -2.09. The fraction of sp³-hybridized carbons (Fsp3) is 0.0556. The Labute approximate surface area is 158 Å². The van der Waals surface area contributed by atoms with Gasteiger partial charge in [0.05, 0.1) is 16.6 Å². The van der Waals surface area contributed by atoms with Gasteiger partial charge in [-0.15, -0.1) is 0 Å². The standard InChI is InChI=1S/C18H12BrCl2N3/c19-15-8-4-3-7-14(15)13-6-2-1-5-12(13)9-23-24-18-16(20)10-22-11-17(18)21/h1-8,10-11H,9H2. The number of hydrogen-bond donors (Lipinski definition) is 0. The molecule has 1 heterocycles. The van der Waals surface area contributed by atoms with Gasteiger partial charge in [0.25, 0.3) is 0 Å². The van der Waals surface area contributed by atoms with Crippen LogP contribution < -0.4 is 0 Å². The van der Waals surface area contributed by atoms with Crippen molar-refractivity contribution in [3.63, 3.8) is 0 Å². The summed E-state index contributed by atoms with van der Waals surface area (Å²) >= 11 is 15.7. The van der Waals surface area contributed by atoms with E-state index in [4.69, 9.17) is 23.2 Å². The van der Waals surface area contributed by atoms with Gasteiger partial charge in [-0.05, 0) is 22.8 Å². The van der Waals surface area contributed by atoms with Crippen molar-refractivity contribution in [2.24, 2.45) is 10.2 Å². The molecule has 0 amide bonds. The molecule has 0 bridgehead atoms. The zero-order valence-electron chi connectivity index (χ0n) is 12.5. The van der Waals surface area contributed by atoms with E-state index in [0.29, 0.717) is 22.3 Å². The monoisotopic (exact) mass is 419 g/mol. The maximum absolute atomic E-state index is 6.05. The molecule has 6 heteroatoms. The van der Waals surface area contributed by atoms with Gasteiger partial charge in [0.1, 0.15) is 5.69 Å². The third-order valence-electron chi connectivity index (χ3n) is 3.42. The topological polar surface area (TPSA) is 37.6 Å². The molecule has 2 aromatic carbocycles. The average molecular weight is 421 g/mol. The van der Waals surface area contributed by atoms with Gasteiger partial charge in [0, 0.05) is 16.9 Å². The van der Waals surface area contributed by atoms with E-state index in [1.807, 2.05) is 36.4 Å². The number of azo groups is 1. The average Bonchev–Trinajstić information content (AvgIpc) is 2.58. The Bertz CT molecular complexity index is 877. The summed E-state index contributed by atoms with van der Waals surface area (Å²) in [6.45, 7) is 0.423. The zero-order valence-corrected chi connectivity index (χ0v) is 15.6. The van der Waals surface area contributed by atoms with Crippen molar-refractivity contribution < 1.29 is 0 Å². The molecule has 0 aliphatic rings. The third kappa shape index (κ3) is 3.83. The maximum atomic E-state index is 6.05. The Hall–Kier alpha value is -1.75. The number of rotatable bonds is 4. The van der Waals surface area contributed by atoms with Gasteiger partial charge < -0.3 is 0 Å². The number of pyridine rings is 1. The number of nitrogens with zero attached hydrogens (tertiary/aromatic N) is 3. The fourth-order valence-electron chi connectivity index (χ4n) is 2.28. The van der Waals surface area contributed by atoms with Gasteiger partial charge in [0.2, 0.25) is 0 Å². The first-order chi connectivity index (χ1) is 11.7. The van der Waals surface area contributed by atoms with Crippen LogP contribution in [0.3, 0.4) is 0 Å². The van der Waals surface area contributed by atoms with Crippen LogP contribution in [0.2, 0.25) is 10.0 Å². The second kappa shape index (κ2) is 7.88. The Morgan fingerprint density at radius 1 is 0.875 bits per heavy atom. The summed E-state index contributed by atoms with van der Waals surface area (Å²) in [7, 11) is 0. The lowest BCUT2D eigenvalue weighted by atomic mass is 10.00. The van der Waals surface area contributed by atoms with Crippen molar-refractivity contribution >= 4 is 44.8 Å². The third-order valence-corrected chi connectivity index (χ3v) is 4.67. The predicted octanol–water partition coefficient (Wildman–Crippen LogP) is 7.10. The minimum atomic E-state index is 0.380. The van der Waals surface area contributed by atoms with Gasteiger partial charge in [-0.25, -0.2) is 0 Å². The summed E-state index contributed by atoms with van der Waals surface area (Å²) in [6.07, 6.45) is 2.99. The first kappa shape index (κ1) is 17.1. The molecule has 0 spiro atoms. The van der Waals surface area contributed by atoms with Crippen LogP contribution in [-0.2, 0) is 6.54 Å². The molecule has 0 unspecified atom stereocenters. The van der Waals surface area contributed by atoms with E-state index in [9.17, 15) is 0 Å². The second-order valence-electron chi connectivity index (χ2n) is 4.99. The van der Waals surface area contributed by atoms with Crippen molar-refractivity contribution in [3.8, 4) is 11.1 Å². The molecule has 3 rings (SSSR count). The molecule has 0 aliphatic heterocycles. The van der Waals surface area contributed by atoms with E-state index in [2.05, 4.69) is 43.3 Å². The lowest BCUT2D eigenvalue weighted by Crippen LogP contribution is -1.88. The van der Waals surface area contributed by atoms with Gasteiger partial charge in [-0.2, -0.15) is 10.2 Å². The van der Waals surface area contributed by atoms with E-state index in [1.165, 1.54) is 12.4 Å². The predicted molar refractivity (Wildman–Crippen MR) is 102 cm³/mol. The van der Waals surface area contributed by atoms with Gasteiger partial charge in [-0.1, -0.05) is 81.6 Å². The van der Waals surface area contributed by atoms with Crippen molar-refractivity contribution in [2.45, 2.75) is 6.54 Å². The number of aromatic nitrogens is 1. The van der Waals surface area contributed by atoms with Crippen LogP contribution >= 0.6 is 39.1 Å². The van der Waals surface area contributed by atoms with Crippen LogP contribution in [0.15, 0.2) is 75.6 Å². The van der Waals surface area contributed by atoms with Crippen LogP contribution in [0.25, 0.3) is 11.1 Å². The number of halogens is 3.